The summed E-state index contributed by atoms with van der Waals surface area (Å²) in [5, 5.41) is 2.63. The van der Waals surface area contributed by atoms with Gasteiger partial charge >= 0.3 is 0 Å². The van der Waals surface area contributed by atoms with E-state index in [1.165, 1.54) is 75.9 Å². The molecule has 2 aliphatic heterocycles. The number of rotatable bonds is 2. The van der Waals surface area contributed by atoms with Crippen LogP contribution in [0.4, 0.5) is 0 Å². The number of aromatic nitrogens is 1. The van der Waals surface area contributed by atoms with Gasteiger partial charge in [-0.15, -0.1) is 0 Å². The average molecular weight is 511 g/mol. The van der Waals surface area contributed by atoms with E-state index in [0.29, 0.717) is 0 Å². The molecule has 0 N–H and O–H groups in total. The fourth-order valence-electron chi connectivity index (χ4n) is 6.77. The summed E-state index contributed by atoms with van der Waals surface area (Å²) in [6.07, 6.45) is 0. The number of benzene rings is 6. The molecular formula is C36H22BNS. The van der Waals surface area contributed by atoms with Gasteiger partial charge in [0.15, 0.2) is 0 Å². The van der Waals surface area contributed by atoms with E-state index >= 15 is 0 Å². The topological polar surface area (TPSA) is 4.93 Å². The molecule has 0 atom stereocenters. The molecule has 0 fully saturated rings. The Morgan fingerprint density at radius 1 is 0.487 bits per heavy atom. The fourth-order valence-corrected chi connectivity index (χ4v) is 7.94. The molecule has 6 aromatic carbocycles. The van der Waals surface area contributed by atoms with Crippen molar-refractivity contribution >= 4 is 56.7 Å². The average Bonchev–Trinajstić information content (AvgIpc) is 3.34. The predicted octanol–water partition coefficient (Wildman–Crippen LogP) is 7.41. The lowest BCUT2D eigenvalue weighted by Crippen LogP contribution is -2.58. The normalized spacial score (nSPS) is 13.0. The molecular weight excluding hydrogens is 489 g/mol. The van der Waals surface area contributed by atoms with Crippen LogP contribution >= 0.6 is 11.8 Å². The summed E-state index contributed by atoms with van der Waals surface area (Å²) < 4.78 is 2.54. The first-order chi connectivity index (χ1) is 19.3. The zero-order valence-electron chi connectivity index (χ0n) is 21.1. The minimum absolute atomic E-state index is 0.213. The molecule has 0 spiro atoms. The molecule has 0 saturated carbocycles. The first-order valence-corrected chi connectivity index (χ1v) is 14.3. The van der Waals surface area contributed by atoms with E-state index in [0.717, 1.165) is 0 Å². The van der Waals surface area contributed by atoms with Crippen LogP contribution in [0.2, 0.25) is 0 Å². The minimum atomic E-state index is 0.213. The Bertz CT molecular complexity index is 2090. The van der Waals surface area contributed by atoms with Gasteiger partial charge in [-0.1, -0.05) is 114 Å². The van der Waals surface area contributed by atoms with Crippen LogP contribution in [0.5, 0.6) is 0 Å². The summed E-state index contributed by atoms with van der Waals surface area (Å²) in [6, 6.07) is 49.3. The lowest BCUT2D eigenvalue weighted by atomic mass is 9.35. The fraction of sp³-hybridized carbons (Fsp3) is 0. The van der Waals surface area contributed by atoms with Crippen LogP contribution in [0.1, 0.15) is 0 Å². The van der Waals surface area contributed by atoms with Crippen molar-refractivity contribution in [2.45, 2.75) is 9.79 Å². The molecule has 3 heteroatoms. The van der Waals surface area contributed by atoms with Gasteiger partial charge in [0.25, 0.3) is 0 Å². The summed E-state index contributed by atoms with van der Waals surface area (Å²) in [7, 11) is 0. The van der Waals surface area contributed by atoms with Crippen molar-refractivity contribution in [1.29, 1.82) is 0 Å². The van der Waals surface area contributed by atoms with E-state index in [9.17, 15) is 0 Å². The van der Waals surface area contributed by atoms with E-state index in [4.69, 9.17) is 0 Å². The van der Waals surface area contributed by atoms with Gasteiger partial charge in [-0.3, -0.25) is 0 Å². The third-order valence-electron chi connectivity index (χ3n) is 8.44. The maximum atomic E-state index is 2.54. The Kier molecular flexibility index (Phi) is 4.41. The molecule has 9 rings (SSSR count). The van der Waals surface area contributed by atoms with Crippen molar-refractivity contribution in [1.82, 2.24) is 4.57 Å². The monoisotopic (exact) mass is 511 g/mol. The van der Waals surface area contributed by atoms with E-state index in [1.807, 2.05) is 11.8 Å². The van der Waals surface area contributed by atoms with Crippen molar-refractivity contribution in [3.05, 3.63) is 133 Å². The van der Waals surface area contributed by atoms with E-state index < -0.39 is 0 Å². The Morgan fingerprint density at radius 3 is 2.00 bits per heavy atom. The van der Waals surface area contributed by atoms with Crippen molar-refractivity contribution < 1.29 is 0 Å². The number of fused-ring (bicyclic) bond motifs is 7. The molecule has 0 bridgehead atoms. The van der Waals surface area contributed by atoms with Gasteiger partial charge in [0.2, 0.25) is 6.71 Å². The molecule has 39 heavy (non-hydrogen) atoms. The quantitative estimate of drug-likeness (QED) is 0.219. The maximum absolute atomic E-state index is 2.54. The van der Waals surface area contributed by atoms with Crippen LogP contribution in [-0.2, 0) is 0 Å². The van der Waals surface area contributed by atoms with E-state index in [2.05, 4.69) is 138 Å². The second-order valence-corrected chi connectivity index (χ2v) is 11.6. The molecule has 1 nitrogen and oxygen atoms in total. The largest absolute Gasteiger partial charge is 0.310 e. The van der Waals surface area contributed by atoms with Crippen LogP contribution in [0.15, 0.2) is 143 Å². The zero-order chi connectivity index (χ0) is 25.5. The number of hydrogen-bond acceptors (Lipinski definition) is 1. The van der Waals surface area contributed by atoms with E-state index in [-0.39, 0.29) is 6.71 Å². The minimum Gasteiger partial charge on any atom is -0.310 e. The third-order valence-corrected chi connectivity index (χ3v) is 9.61. The van der Waals surface area contributed by atoms with Crippen molar-refractivity contribution in [3.8, 4) is 27.9 Å². The second kappa shape index (κ2) is 8.02. The Labute approximate surface area is 231 Å². The van der Waals surface area contributed by atoms with Gasteiger partial charge in [-0.25, -0.2) is 0 Å². The lowest BCUT2D eigenvalue weighted by molar-refractivity contribution is 1.17. The summed E-state index contributed by atoms with van der Waals surface area (Å²) in [6.45, 7) is 0.213. The van der Waals surface area contributed by atoms with Crippen LogP contribution in [0.25, 0.3) is 49.7 Å². The van der Waals surface area contributed by atoms with E-state index in [1.54, 1.807) is 0 Å². The number of hydrogen-bond donors (Lipinski definition) is 0. The van der Waals surface area contributed by atoms with Crippen molar-refractivity contribution in [3.63, 3.8) is 0 Å². The summed E-state index contributed by atoms with van der Waals surface area (Å²) in [5.41, 5.74) is 13.2. The van der Waals surface area contributed by atoms with Crippen LogP contribution in [0, 0.1) is 0 Å². The third kappa shape index (κ3) is 2.99. The molecule has 3 heterocycles. The van der Waals surface area contributed by atoms with Crippen molar-refractivity contribution in [2.24, 2.45) is 0 Å². The second-order valence-electron chi connectivity index (χ2n) is 10.5. The molecule has 180 valence electrons. The highest BCUT2D eigenvalue weighted by Gasteiger charge is 2.39. The van der Waals surface area contributed by atoms with Crippen LogP contribution < -0.4 is 16.4 Å². The lowest BCUT2D eigenvalue weighted by Gasteiger charge is -2.33. The van der Waals surface area contributed by atoms with Crippen LogP contribution in [0.3, 0.4) is 0 Å². The summed E-state index contributed by atoms with van der Waals surface area (Å²) >= 11 is 1.91. The highest BCUT2D eigenvalue weighted by molar-refractivity contribution is 8.00. The Morgan fingerprint density at radius 2 is 1.18 bits per heavy atom. The standard InChI is InChI=1S/C36H22BNS/c1-3-10-23(11-4-1)25-18-19-31-27(20-25)28-21-26(24-12-5-2-6-13-24)22-30-36(28)38(31)32-15-9-17-34-35(32)37(30)29-14-7-8-16-33(29)39-34/h1-22H. The Balaban J connectivity index is 1.46. The Hall–Kier alpha value is -4.47. The summed E-state index contributed by atoms with van der Waals surface area (Å²) in [5.74, 6) is 0. The highest BCUT2D eigenvalue weighted by Crippen LogP contribution is 2.40. The first kappa shape index (κ1) is 21.5. The first-order valence-electron chi connectivity index (χ1n) is 13.5. The van der Waals surface area contributed by atoms with Gasteiger partial charge in [0.1, 0.15) is 0 Å². The van der Waals surface area contributed by atoms with Gasteiger partial charge in [0.05, 0.1) is 5.52 Å². The van der Waals surface area contributed by atoms with Gasteiger partial charge in [-0.05, 0) is 69.6 Å². The molecule has 0 unspecified atom stereocenters. The zero-order valence-corrected chi connectivity index (χ0v) is 22.0. The van der Waals surface area contributed by atoms with Crippen molar-refractivity contribution in [2.75, 3.05) is 0 Å². The predicted molar refractivity (Wildman–Crippen MR) is 167 cm³/mol. The molecule has 0 radical (unpaired) electrons. The SMILES string of the molecule is c1ccc(-c2ccc3c(c2)c2cc(-c4ccccc4)cc4c2n3-c2cccc3c2B4c2ccccc2S3)cc1. The highest BCUT2D eigenvalue weighted by atomic mass is 32.2. The molecule has 2 aliphatic rings. The molecule has 0 aliphatic carbocycles. The summed E-state index contributed by atoms with van der Waals surface area (Å²) in [4.78, 5) is 2.73. The molecule has 7 aromatic rings. The smallest absolute Gasteiger partial charge is 0.249 e. The molecule has 1 aromatic heterocycles. The van der Waals surface area contributed by atoms with Gasteiger partial charge in [-0.2, -0.15) is 0 Å². The molecule has 0 saturated heterocycles. The van der Waals surface area contributed by atoms with Gasteiger partial charge < -0.3 is 4.57 Å². The maximum Gasteiger partial charge on any atom is 0.249 e. The van der Waals surface area contributed by atoms with Gasteiger partial charge in [0, 0.05) is 31.8 Å². The van der Waals surface area contributed by atoms with Crippen LogP contribution in [-0.4, -0.2) is 11.3 Å². The molecule has 0 amide bonds. The number of nitrogens with zero attached hydrogens (tertiary/aromatic N) is 1.